The molecule has 0 aliphatic carbocycles. The second kappa shape index (κ2) is 7.82. The highest BCUT2D eigenvalue weighted by molar-refractivity contribution is 5.63. The minimum atomic E-state index is 0.282. The minimum Gasteiger partial charge on any atom is -0.497 e. The lowest BCUT2D eigenvalue weighted by Crippen LogP contribution is -2.05. The molecule has 0 bridgehead atoms. The monoisotopic (exact) mass is 263 g/mol. The SMILES string of the molecule is CN=[N+]=Nc1cc(OC)cc(OCCOC)c1C#N. The highest BCUT2D eigenvalue weighted by Gasteiger charge is 2.15. The van der Waals surface area contributed by atoms with Gasteiger partial charge in [0.1, 0.15) is 41.9 Å². The molecule has 0 saturated heterocycles. The third-order valence-electron chi connectivity index (χ3n) is 2.19. The summed E-state index contributed by atoms with van der Waals surface area (Å²) < 4.78 is 15.5. The van der Waals surface area contributed by atoms with Gasteiger partial charge in [0.05, 0.1) is 13.7 Å². The number of ether oxygens (including phenoxy) is 3. The van der Waals surface area contributed by atoms with E-state index in [4.69, 9.17) is 14.2 Å². The number of nitriles is 1. The number of hydrogen-bond acceptors (Lipinski definition) is 6. The molecular formula is C12H15N4O3+. The average molecular weight is 263 g/mol. The number of rotatable bonds is 6. The van der Waals surface area contributed by atoms with Crippen LogP contribution in [-0.4, -0.2) is 34.5 Å². The van der Waals surface area contributed by atoms with Crippen molar-refractivity contribution in [3.05, 3.63) is 17.7 Å². The predicted molar refractivity (Wildman–Crippen MR) is 67.7 cm³/mol. The van der Waals surface area contributed by atoms with E-state index in [9.17, 15) is 5.26 Å². The van der Waals surface area contributed by atoms with Crippen LogP contribution < -0.4 is 14.4 Å². The first kappa shape index (κ1) is 14.6. The number of benzene rings is 1. The molecule has 7 heteroatoms. The lowest BCUT2D eigenvalue weighted by Gasteiger charge is -2.09. The zero-order valence-electron chi connectivity index (χ0n) is 11.1. The van der Waals surface area contributed by atoms with Gasteiger partial charge in [0, 0.05) is 19.2 Å². The maximum absolute atomic E-state index is 9.18. The summed E-state index contributed by atoms with van der Waals surface area (Å²) in [6.07, 6.45) is 0. The van der Waals surface area contributed by atoms with Crippen LogP contribution in [0.5, 0.6) is 11.5 Å². The molecule has 0 spiro atoms. The van der Waals surface area contributed by atoms with Crippen LogP contribution >= 0.6 is 0 Å². The summed E-state index contributed by atoms with van der Waals surface area (Å²) in [7, 11) is 4.58. The van der Waals surface area contributed by atoms with Crippen LogP contribution in [0.25, 0.3) is 0 Å². The predicted octanol–water partition coefficient (Wildman–Crippen LogP) is 1.82. The largest absolute Gasteiger partial charge is 0.497 e. The third-order valence-corrected chi connectivity index (χ3v) is 2.19. The molecule has 7 nitrogen and oxygen atoms in total. The highest BCUT2D eigenvalue weighted by atomic mass is 16.5. The first-order chi connectivity index (χ1) is 9.26. The molecule has 0 unspecified atom stereocenters. The van der Waals surface area contributed by atoms with Crippen molar-refractivity contribution in [2.75, 3.05) is 34.5 Å². The van der Waals surface area contributed by atoms with Gasteiger partial charge in [-0.3, -0.25) is 0 Å². The van der Waals surface area contributed by atoms with Crippen LogP contribution in [0.1, 0.15) is 5.56 Å². The molecule has 0 saturated carbocycles. The van der Waals surface area contributed by atoms with Crippen molar-refractivity contribution in [3.63, 3.8) is 0 Å². The zero-order chi connectivity index (χ0) is 14.1. The van der Waals surface area contributed by atoms with Crippen molar-refractivity contribution >= 4 is 5.69 Å². The summed E-state index contributed by atoms with van der Waals surface area (Å²) in [5, 5.41) is 16.5. The van der Waals surface area contributed by atoms with E-state index in [1.807, 2.05) is 6.07 Å². The van der Waals surface area contributed by atoms with E-state index in [0.29, 0.717) is 30.4 Å². The van der Waals surface area contributed by atoms with Crippen molar-refractivity contribution in [2.45, 2.75) is 0 Å². The second-order valence-electron chi connectivity index (χ2n) is 3.36. The number of methoxy groups -OCH3 is 2. The van der Waals surface area contributed by atoms with Gasteiger partial charge >= 0.3 is 0 Å². The van der Waals surface area contributed by atoms with E-state index in [0.717, 1.165) is 0 Å². The highest BCUT2D eigenvalue weighted by Crippen LogP contribution is 2.33. The molecule has 0 fully saturated rings. The van der Waals surface area contributed by atoms with Crippen molar-refractivity contribution in [1.82, 2.24) is 4.91 Å². The van der Waals surface area contributed by atoms with Crippen LogP contribution in [0.4, 0.5) is 5.69 Å². The first-order valence-electron chi connectivity index (χ1n) is 5.50. The molecule has 0 aromatic heterocycles. The maximum Gasteiger partial charge on any atom is 0.222 e. The Morgan fingerprint density at radius 1 is 1.32 bits per heavy atom. The van der Waals surface area contributed by atoms with E-state index in [1.54, 1.807) is 19.2 Å². The zero-order valence-corrected chi connectivity index (χ0v) is 11.1. The number of nitrogens with zero attached hydrogens (tertiary/aromatic N) is 4. The Kier molecular flexibility index (Phi) is 6.03. The van der Waals surface area contributed by atoms with Crippen LogP contribution in [0.2, 0.25) is 0 Å². The lowest BCUT2D eigenvalue weighted by molar-refractivity contribution is 0.146. The van der Waals surface area contributed by atoms with E-state index in [-0.39, 0.29) is 5.56 Å². The van der Waals surface area contributed by atoms with Crippen molar-refractivity contribution in [1.29, 1.82) is 5.26 Å². The smallest absolute Gasteiger partial charge is 0.222 e. The molecule has 0 atom stereocenters. The summed E-state index contributed by atoms with van der Waals surface area (Å²) >= 11 is 0. The Morgan fingerprint density at radius 3 is 2.68 bits per heavy atom. The Labute approximate surface area is 111 Å². The molecule has 100 valence electrons. The van der Waals surface area contributed by atoms with Crippen LogP contribution in [0, 0.1) is 11.3 Å². The van der Waals surface area contributed by atoms with E-state index >= 15 is 0 Å². The van der Waals surface area contributed by atoms with Gasteiger partial charge in [-0.1, -0.05) is 0 Å². The lowest BCUT2D eigenvalue weighted by atomic mass is 10.1. The molecular weight excluding hydrogens is 248 g/mol. The second-order valence-corrected chi connectivity index (χ2v) is 3.36. The van der Waals surface area contributed by atoms with Gasteiger partial charge < -0.3 is 14.2 Å². The van der Waals surface area contributed by atoms with Gasteiger partial charge in [0.25, 0.3) is 0 Å². The van der Waals surface area contributed by atoms with E-state index < -0.39 is 0 Å². The molecule has 0 radical (unpaired) electrons. The van der Waals surface area contributed by atoms with Gasteiger partial charge in [-0.05, 0) is 0 Å². The van der Waals surface area contributed by atoms with Crippen molar-refractivity contribution < 1.29 is 14.2 Å². The van der Waals surface area contributed by atoms with Crippen LogP contribution in [0.15, 0.2) is 22.4 Å². The fraction of sp³-hybridized carbons (Fsp3) is 0.417. The normalized spacial score (nSPS) is 9.16. The third kappa shape index (κ3) is 4.07. The topological polar surface area (TPSA) is 90.3 Å². The summed E-state index contributed by atoms with van der Waals surface area (Å²) in [4.78, 5) is 3.53. The van der Waals surface area contributed by atoms with Gasteiger partial charge in [-0.2, -0.15) is 5.26 Å². The van der Waals surface area contributed by atoms with Crippen molar-refractivity contribution in [2.24, 2.45) is 10.2 Å². The maximum atomic E-state index is 9.18. The Hall–Kier alpha value is -2.42. The standard InChI is InChI=1S/C12H15N4O3/c1-14-16-15-11-6-9(18-3)7-12(10(11)8-13)19-5-4-17-2/h6-7H,4-5H2,1-3H3/q+1. The molecule has 1 aromatic rings. The van der Waals surface area contributed by atoms with Gasteiger partial charge in [0.2, 0.25) is 4.91 Å². The molecule has 1 aromatic carbocycles. The first-order valence-corrected chi connectivity index (χ1v) is 5.50. The Balaban J connectivity index is 3.19. The van der Waals surface area contributed by atoms with Gasteiger partial charge in [0.15, 0.2) is 10.8 Å². The summed E-state index contributed by atoms with van der Waals surface area (Å²) in [6, 6.07) is 5.25. The molecule has 0 aliphatic rings. The summed E-state index contributed by atoms with van der Waals surface area (Å²) in [6.45, 7) is 0.746. The minimum absolute atomic E-state index is 0.282. The summed E-state index contributed by atoms with van der Waals surface area (Å²) in [5.74, 6) is 0.903. The fourth-order valence-corrected chi connectivity index (χ4v) is 1.33. The Morgan fingerprint density at radius 2 is 2.11 bits per heavy atom. The van der Waals surface area contributed by atoms with Crippen LogP contribution in [-0.2, 0) is 4.74 Å². The molecule has 1 rings (SSSR count). The molecule has 0 amide bonds. The quantitative estimate of drug-likeness (QED) is 0.444. The van der Waals surface area contributed by atoms with Gasteiger partial charge in [-0.25, -0.2) is 0 Å². The van der Waals surface area contributed by atoms with E-state index in [2.05, 4.69) is 15.1 Å². The fourth-order valence-electron chi connectivity index (χ4n) is 1.33. The Bertz CT molecular complexity index is 531. The van der Waals surface area contributed by atoms with E-state index in [1.165, 1.54) is 14.2 Å². The molecule has 19 heavy (non-hydrogen) atoms. The molecule has 0 aliphatic heterocycles. The molecule has 0 heterocycles. The average Bonchev–Trinajstić information content (AvgIpc) is 2.44. The van der Waals surface area contributed by atoms with Crippen molar-refractivity contribution in [3.8, 4) is 17.6 Å². The summed E-state index contributed by atoms with van der Waals surface area (Å²) in [5.41, 5.74) is 0.629. The number of hydrogen-bond donors (Lipinski definition) is 0. The van der Waals surface area contributed by atoms with Crippen LogP contribution in [0.3, 0.4) is 0 Å². The molecule has 0 N–H and O–H groups in total. The van der Waals surface area contributed by atoms with Gasteiger partial charge in [-0.15, -0.1) is 0 Å².